The molecule has 0 aromatic heterocycles. The third kappa shape index (κ3) is 2.52. The van der Waals surface area contributed by atoms with Gasteiger partial charge in [-0.05, 0) is 44.1 Å². The van der Waals surface area contributed by atoms with E-state index in [2.05, 4.69) is 5.32 Å². The quantitative estimate of drug-likeness (QED) is 0.856. The van der Waals surface area contributed by atoms with Crippen LogP contribution in [0.4, 0.5) is 0 Å². The summed E-state index contributed by atoms with van der Waals surface area (Å²) in [5.74, 6) is 0.729. The van der Waals surface area contributed by atoms with Crippen molar-refractivity contribution >= 4 is 17.4 Å². The van der Waals surface area contributed by atoms with E-state index in [1.165, 1.54) is 0 Å². The minimum absolute atomic E-state index is 0.128. The van der Waals surface area contributed by atoms with Crippen molar-refractivity contribution in [2.45, 2.75) is 19.8 Å². The number of ether oxygens (including phenoxy) is 1. The normalized spacial score (nSPS) is 18.4. The zero-order valence-electron chi connectivity index (χ0n) is 10.8. The number of rotatable bonds is 3. The van der Waals surface area contributed by atoms with Crippen LogP contribution < -0.4 is 10.1 Å². The van der Waals surface area contributed by atoms with Crippen molar-refractivity contribution in [3.63, 3.8) is 0 Å². The highest BCUT2D eigenvalue weighted by Gasteiger charge is 2.36. The molecule has 1 aliphatic heterocycles. The summed E-state index contributed by atoms with van der Waals surface area (Å²) in [6, 6.07) is 5.19. The van der Waals surface area contributed by atoms with Gasteiger partial charge in [0.2, 0.25) is 0 Å². The maximum absolute atomic E-state index is 12.7. The van der Waals surface area contributed by atoms with Crippen LogP contribution in [0.1, 0.15) is 30.1 Å². The van der Waals surface area contributed by atoms with Crippen LogP contribution in [0.5, 0.6) is 5.75 Å². The molecule has 0 atom stereocenters. The molecule has 4 heteroatoms. The Bertz CT molecular complexity index is 453. The van der Waals surface area contributed by atoms with E-state index < -0.39 is 0 Å². The molecule has 0 bridgehead atoms. The standard InChI is InChI=1S/C14H18ClNO2/c1-14(5-7-16-8-6-14)13(17)11-9-10(15)3-4-12(11)18-2/h3-4,9,16H,5-8H2,1-2H3. The molecule has 0 saturated carbocycles. The molecule has 1 N–H and O–H groups in total. The fraction of sp³-hybridized carbons (Fsp3) is 0.500. The third-order valence-corrected chi connectivity index (χ3v) is 3.90. The van der Waals surface area contributed by atoms with E-state index in [9.17, 15) is 4.79 Å². The number of hydrogen-bond donors (Lipinski definition) is 1. The van der Waals surface area contributed by atoms with Gasteiger partial charge in [0.05, 0.1) is 12.7 Å². The van der Waals surface area contributed by atoms with E-state index >= 15 is 0 Å². The van der Waals surface area contributed by atoms with Crippen LogP contribution in [-0.2, 0) is 0 Å². The van der Waals surface area contributed by atoms with Crippen LogP contribution in [0.25, 0.3) is 0 Å². The smallest absolute Gasteiger partial charge is 0.172 e. The summed E-state index contributed by atoms with van der Waals surface area (Å²) in [5, 5.41) is 3.84. The van der Waals surface area contributed by atoms with Crippen molar-refractivity contribution in [3.05, 3.63) is 28.8 Å². The fourth-order valence-electron chi connectivity index (χ4n) is 2.39. The van der Waals surface area contributed by atoms with Gasteiger partial charge in [-0.3, -0.25) is 4.79 Å². The zero-order chi connectivity index (χ0) is 13.2. The number of nitrogens with one attached hydrogen (secondary N) is 1. The van der Waals surface area contributed by atoms with Gasteiger partial charge in [-0.1, -0.05) is 18.5 Å². The minimum atomic E-state index is -0.316. The summed E-state index contributed by atoms with van der Waals surface area (Å²) in [4.78, 5) is 12.7. The molecule has 0 spiro atoms. The number of benzene rings is 1. The molecule has 98 valence electrons. The number of halogens is 1. The van der Waals surface area contributed by atoms with Gasteiger partial charge in [-0.2, -0.15) is 0 Å². The Morgan fingerprint density at radius 2 is 2.06 bits per heavy atom. The van der Waals surface area contributed by atoms with E-state index in [0.717, 1.165) is 25.9 Å². The highest BCUT2D eigenvalue weighted by atomic mass is 35.5. The average molecular weight is 268 g/mol. The molecular formula is C14H18ClNO2. The Kier molecular flexibility index (Phi) is 3.93. The molecule has 0 aliphatic carbocycles. The molecule has 0 amide bonds. The molecule has 1 heterocycles. The Labute approximate surface area is 112 Å². The zero-order valence-corrected chi connectivity index (χ0v) is 11.5. The molecule has 1 saturated heterocycles. The van der Waals surface area contributed by atoms with Gasteiger partial charge in [0.25, 0.3) is 0 Å². The lowest BCUT2D eigenvalue weighted by Crippen LogP contribution is -2.40. The summed E-state index contributed by atoms with van der Waals surface area (Å²) in [5.41, 5.74) is 0.276. The molecule has 1 fully saturated rings. The first kappa shape index (κ1) is 13.4. The molecule has 1 aromatic carbocycles. The van der Waals surface area contributed by atoms with E-state index in [0.29, 0.717) is 16.3 Å². The summed E-state index contributed by atoms with van der Waals surface area (Å²) in [6.45, 7) is 3.78. The van der Waals surface area contributed by atoms with Gasteiger partial charge in [0.15, 0.2) is 5.78 Å². The van der Waals surface area contributed by atoms with Gasteiger partial charge in [-0.25, -0.2) is 0 Å². The second-order valence-corrected chi connectivity index (χ2v) is 5.42. The molecule has 3 nitrogen and oxygen atoms in total. The van der Waals surface area contributed by atoms with Crippen LogP contribution in [0.3, 0.4) is 0 Å². The first-order chi connectivity index (χ1) is 8.57. The second kappa shape index (κ2) is 5.29. The molecule has 1 aliphatic rings. The van der Waals surface area contributed by atoms with Crippen LogP contribution in [0, 0.1) is 5.41 Å². The van der Waals surface area contributed by atoms with Crippen molar-refractivity contribution in [3.8, 4) is 5.75 Å². The predicted molar refractivity (Wildman–Crippen MR) is 72.5 cm³/mol. The van der Waals surface area contributed by atoms with Gasteiger partial charge < -0.3 is 10.1 Å². The highest BCUT2D eigenvalue weighted by Crippen LogP contribution is 2.35. The van der Waals surface area contributed by atoms with Crippen LogP contribution in [-0.4, -0.2) is 26.0 Å². The second-order valence-electron chi connectivity index (χ2n) is 4.98. The molecule has 1 aromatic rings. The van der Waals surface area contributed by atoms with Crippen molar-refractivity contribution in [2.75, 3.05) is 20.2 Å². The van der Waals surface area contributed by atoms with Gasteiger partial charge in [-0.15, -0.1) is 0 Å². The largest absolute Gasteiger partial charge is 0.496 e. The van der Waals surface area contributed by atoms with Crippen LogP contribution in [0.2, 0.25) is 5.02 Å². The lowest BCUT2D eigenvalue weighted by Gasteiger charge is -2.32. The maximum Gasteiger partial charge on any atom is 0.172 e. The van der Waals surface area contributed by atoms with Gasteiger partial charge >= 0.3 is 0 Å². The maximum atomic E-state index is 12.7. The Hall–Kier alpha value is -1.06. The summed E-state index contributed by atoms with van der Waals surface area (Å²) in [6.07, 6.45) is 1.70. The van der Waals surface area contributed by atoms with Crippen LogP contribution in [0.15, 0.2) is 18.2 Å². The monoisotopic (exact) mass is 267 g/mol. The topological polar surface area (TPSA) is 38.3 Å². The molecular weight excluding hydrogens is 250 g/mol. The van der Waals surface area contributed by atoms with E-state index in [1.54, 1.807) is 25.3 Å². The lowest BCUT2D eigenvalue weighted by atomic mass is 9.75. The Morgan fingerprint density at radius 3 is 2.67 bits per heavy atom. The first-order valence-electron chi connectivity index (χ1n) is 6.16. The van der Waals surface area contributed by atoms with Gasteiger partial charge in [0, 0.05) is 10.4 Å². The van der Waals surface area contributed by atoms with E-state index in [1.807, 2.05) is 6.92 Å². The number of carbonyl (C=O) groups is 1. The Balaban J connectivity index is 2.35. The number of Topliss-reactive ketones (excluding diaryl/α,β-unsaturated/α-hetero) is 1. The molecule has 0 radical (unpaired) electrons. The number of ketones is 1. The Morgan fingerprint density at radius 1 is 1.39 bits per heavy atom. The van der Waals surface area contributed by atoms with Crippen LogP contribution >= 0.6 is 11.6 Å². The fourth-order valence-corrected chi connectivity index (χ4v) is 2.56. The van der Waals surface area contributed by atoms with Crippen molar-refractivity contribution in [1.82, 2.24) is 5.32 Å². The number of hydrogen-bond acceptors (Lipinski definition) is 3. The number of methoxy groups -OCH3 is 1. The third-order valence-electron chi connectivity index (χ3n) is 3.66. The molecule has 2 rings (SSSR count). The summed E-state index contributed by atoms with van der Waals surface area (Å²) >= 11 is 5.98. The number of carbonyl (C=O) groups excluding carboxylic acids is 1. The lowest BCUT2D eigenvalue weighted by molar-refractivity contribution is 0.0759. The molecule has 18 heavy (non-hydrogen) atoms. The van der Waals surface area contributed by atoms with Crippen molar-refractivity contribution in [1.29, 1.82) is 0 Å². The van der Waals surface area contributed by atoms with Crippen molar-refractivity contribution < 1.29 is 9.53 Å². The summed E-state index contributed by atoms with van der Waals surface area (Å²) in [7, 11) is 1.57. The van der Waals surface area contributed by atoms with E-state index in [-0.39, 0.29) is 11.2 Å². The minimum Gasteiger partial charge on any atom is -0.496 e. The first-order valence-corrected chi connectivity index (χ1v) is 6.54. The van der Waals surface area contributed by atoms with E-state index in [4.69, 9.17) is 16.3 Å². The molecule has 0 unspecified atom stereocenters. The predicted octanol–water partition coefficient (Wildman–Crippen LogP) is 2.92. The van der Waals surface area contributed by atoms with Gasteiger partial charge in [0.1, 0.15) is 5.75 Å². The number of piperidine rings is 1. The summed E-state index contributed by atoms with van der Waals surface area (Å²) < 4.78 is 5.26. The SMILES string of the molecule is COc1ccc(Cl)cc1C(=O)C1(C)CCNCC1. The van der Waals surface area contributed by atoms with Crippen molar-refractivity contribution in [2.24, 2.45) is 5.41 Å². The average Bonchev–Trinajstić information content (AvgIpc) is 2.38. The highest BCUT2D eigenvalue weighted by molar-refractivity contribution is 6.31.